The summed E-state index contributed by atoms with van der Waals surface area (Å²) in [4.78, 5) is 14.5. The number of halogens is 1. The van der Waals surface area contributed by atoms with Crippen LogP contribution in [0.1, 0.15) is 10.4 Å². The second-order valence-corrected chi connectivity index (χ2v) is 3.04. The van der Waals surface area contributed by atoms with Crippen molar-refractivity contribution in [2.24, 2.45) is 0 Å². The highest BCUT2D eigenvalue weighted by Crippen LogP contribution is 2.20. The minimum atomic E-state index is -1.22. The lowest BCUT2D eigenvalue weighted by atomic mass is 10.1. The predicted molar refractivity (Wildman–Crippen MR) is 52.7 cm³/mol. The van der Waals surface area contributed by atoms with Crippen LogP contribution >= 0.6 is 0 Å². The molecule has 0 atom stereocenters. The molecule has 1 heterocycles. The van der Waals surface area contributed by atoms with Crippen LogP contribution in [0.5, 0.6) is 0 Å². The topological polar surface area (TPSA) is 94.0 Å². The number of carboxylic acid groups (broad SMARTS) is 1. The molecule has 0 radical (unpaired) electrons. The molecule has 2 rings (SSSR count). The first-order valence-electron chi connectivity index (χ1n) is 4.27. The van der Waals surface area contributed by atoms with E-state index in [2.05, 4.69) is 10.1 Å². The third-order valence-electron chi connectivity index (χ3n) is 2.01. The van der Waals surface area contributed by atoms with Crippen LogP contribution in [-0.4, -0.2) is 25.8 Å². The normalized spacial score (nSPS) is 10.3. The quantitative estimate of drug-likeness (QED) is 0.729. The number of hydrogen-bond acceptors (Lipinski definition) is 4. The van der Waals surface area contributed by atoms with Gasteiger partial charge in [-0.1, -0.05) is 0 Å². The van der Waals surface area contributed by atoms with E-state index in [0.717, 1.165) is 16.8 Å². The first-order chi connectivity index (χ1) is 7.59. The van der Waals surface area contributed by atoms with Crippen molar-refractivity contribution in [2.45, 2.75) is 0 Å². The van der Waals surface area contributed by atoms with Gasteiger partial charge in [0.25, 0.3) is 0 Å². The number of aromatic carboxylic acids is 1. The minimum Gasteiger partial charge on any atom is -0.478 e. The second-order valence-electron chi connectivity index (χ2n) is 3.04. The number of carboxylic acids is 1. The molecule has 0 aliphatic heterocycles. The Hall–Kier alpha value is -2.44. The number of nitrogens with two attached hydrogens (primary N) is 1. The van der Waals surface area contributed by atoms with Crippen molar-refractivity contribution >= 4 is 11.7 Å². The van der Waals surface area contributed by atoms with Gasteiger partial charge in [0, 0.05) is 5.69 Å². The van der Waals surface area contributed by atoms with Crippen molar-refractivity contribution in [3.63, 3.8) is 0 Å². The molecule has 0 bridgehead atoms. The van der Waals surface area contributed by atoms with Crippen LogP contribution in [-0.2, 0) is 0 Å². The summed E-state index contributed by atoms with van der Waals surface area (Å²) in [7, 11) is 0. The molecule has 0 spiro atoms. The average Bonchev–Trinajstić information content (AvgIpc) is 2.70. The monoisotopic (exact) mass is 222 g/mol. The molecule has 1 aromatic carbocycles. The van der Waals surface area contributed by atoms with E-state index in [0.29, 0.717) is 0 Å². The maximum atomic E-state index is 13.5. The molecule has 1 aromatic heterocycles. The SMILES string of the molecule is Nc1cc(F)c(-n2cncn2)cc1C(=O)O. The van der Waals surface area contributed by atoms with E-state index in [1.165, 1.54) is 12.7 Å². The Morgan fingerprint density at radius 3 is 2.81 bits per heavy atom. The molecule has 82 valence electrons. The van der Waals surface area contributed by atoms with E-state index in [1.54, 1.807) is 0 Å². The van der Waals surface area contributed by atoms with E-state index >= 15 is 0 Å². The molecule has 6 nitrogen and oxygen atoms in total. The van der Waals surface area contributed by atoms with Crippen molar-refractivity contribution < 1.29 is 14.3 Å². The zero-order valence-electron chi connectivity index (χ0n) is 7.96. The minimum absolute atomic E-state index is 0.0101. The second kappa shape index (κ2) is 3.61. The van der Waals surface area contributed by atoms with Crippen molar-refractivity contribution in [1.82, 2.24) is 14.8 Å². The number of hydrogen-bond donors (Lipinski definition) is 2. The smallest absolute Gasteiger partial charge is 0.337 e. The van der Waals surface area contributed by atoms with Gasteiger partial charge in [0.05, 0.1) is 5.56 Å². The molecule has 0 unspecified atom stereocenters. The highest BCUT2D eigenvalue weighted by molar-refractivity contribution is 5.94. The lowest BCUT2D eigenvalue weighted by Crippen LogP contribution is -2.07. The van der Waals surface area contributed by atoms with Gasteiger partial charge in [-0.15, -0.1) is 0 Å². The Kier molecular flexibility index (Phi) is 2.28. The van der Waals surface area contributed by atoms with Gasteiger partial charge in [-0.3, -0.25) is 0 Å². The van der Waals surface area contributed by atoms with Gasteiger partial charge < -0.3 is 10.8 Å². The maximum Gasteiger partial charge on any atom is 0.337 e. The van der Waals surface area contributed by atoms with Crippen LogP contribution in [0.2, 0.25) is 0 Å². The average molecular weight is 222 g/mol. The third-order valence-corrected chi connectivity index (χ3v) is 2.01. The number of carbonyl (C=O) groups is 1. The molecule has 0 aliphatic rings. The van der Waals surface area contributed by atoms with Crippen molar-refractivity contribution in [2.75, 3.05) is 5.73 Å². The summed E-state index contributed by atoms with van der Waals surface area (Å²) in [5.41, 5.74) is 5.06. The van der Waals surface area contributed by atoms with Crippen molar-refractivity contribution in [3.8, 4) is 5.69 Å². The van der Waals surface area contributed by atoms with Crippen LogP contribution in [0.4, 0.5) is 10.1 Å². The van der Waals surface area contributed by atoms with Crippen LogP contribution in [0.25, 0.3) is 5.69 Å². The van der Waals surface area contributed by atoms with E-state index in [4.69, 9.17) is 10.8 Å². The van der Waals surface area contributed by atoms with Crippen LogP contribution in [0.15, 0.2) is 24.8 Å². The standard InChI is InChI=1S/C9H7FN4O2/c10-6-2-7(11)5(9(15)16)1-8(6)14-4-12-3-13-14/h1-4H,11H2,(H,15,16). The first kappa shape index (κ1) is 10.1. The fourth-order valence-electron chi connectivity index (χ4n) is 1.27. The molecule has 0 aliphatic carbocycles. The Morgan fingerprint density at radius 1 is 1.50 bits per heavy atom. The van der Waals surface area contributed by atoms with Crippen LogP contribution in [0.3, 0.4) is 0 Å². The molecule has 3 N–H and O–H groups in total. The summed E-state index contributed by atoms with van der Waals surface area (Å²) < 4.78 is 14.6. The van der Waals surface area contributed by atoms with Gasteiger partial charge in [0.2, 0.25) is 0 Å². The summed E-state index contributed by atoms with van der Waals surface area (Å²) in [6.45, 7) is 0. The molecule has 7 heteroatoms. The number of nitrogen functional groups attached to an aromatic ring is 1. The third kappa shape index (κ3) is 1.58. The predicted octanol–water partition coefficient (Wildman–Crippen LogP) is 0.687. The van der Waals surface area contributed by atoms with Gasteiger partial charge >= 0.3 is 5.97 Å². The number of benzene rings is 1. The zero-order valence-corrected chi connectivity index (χ0v) is 7.96. The van der Waals surface area contributed by atoms with Crippen molar-refractivity contribution in [3.05, 3.63) is 36.2 Å². The number of rotatable bonds is 2. The summed E-state index contributed by atoms with van der Waals surface area (Å²) in [6, 6.07) is 2.06. The van der Waals surface area contributed by atoms with Crippen LogP contribution < -0.4 is 5.73 Å². The Morgan fingerprint density at radius 2 is 2.25 bits per heavy atom. The lowest BCUT2D eigenvalue weighted by molar-refractivity contribution is 0.0698. The largest absolute Gasteiger partial charge is 0.478 e. The van der Waals surface area contributed by atoms with Gasteiger partial charge in [-0.05, 0) is 12.1 Å². The fraction of sp³-hybridized carbons (Fsp3) is 0. The number of anilines is 1. The molecule has 0 amide bonds. The molecular weight excluding hydrogens is 215 g/mol. The number of aromatic nitrogens is 3. The van der Waals surface area contributed by atoms with Crippen LogP contribution in [0, 0.1) is 5.82 Å². The highest BCUT2D eigenvalue weighted by Gasteiger charge is 2.14. The zero-order chi connectivity index (χ0) is 11.7. The molecule has 0 saturated heterocycles. The summed E-state index contributed by atoms with van der Waals surface area (Å²) in [6.07, 6.45) is 2.48. The molecule has 2 aromatic rings. The molecular formula is C9H7FN4O2. The van der Waals surface area contributed by atoms with E-state index in [9.17, 15) is 9.18 Å². The summed E-state index contributed by atoms with van der Waals surface area (Å²) in [5.74, 6) is -1.88. The highest BCUT2D eigenvalue weighted by atomic mass is 19.1. The van der Waals surface area contributed by atoms with Gasteiger partial charge in [0.15, 0.2) is 5.82 Å². The molecule has 16 heavy (non-hydrogen) atoms. The maximum absolute atomic E-state index is 13.5. The van der Waals surface area contributed by atoms with Gasteiger partial charge in [-0.25, -0.2) is 18.9 Å². The summed E-state index contributed by atoms with van der Waals surface area (Å²) >= 11 is 0. The summed E-state index contributed by atoms with van der Waals surface area (Å²) in [5, 5.41) is 12.5. The molecule has 0 saturated carbocycles. The van der Waals surface area contributed by atoms with E-state index < -0.39 is 11.8 Å². The van der Waals surface area contributed by atoms with Crippen molar-refractivity contribution in [1.29, 1.82) is 0 Å². The Balaban J connectivity index is 2.63. The lowest BCUT2D eigenvalue weighted by Gasteiger charge is -2.06. The molecule has 0 fully saturated rings. The van der Waals surface area contributed by atoms with Gasteiger partial charge in [-0.2, -0.15) is 5.10 Å². The van der Waals surface area contributed by atoms with Gasteiger partial charge in [0.1, 0.15) is 18.3 Å². The Bertz CT molecular complexity index is 539. The van der Waals surface area contributed by atoms with E-state index in [1.807, 2.05) is 0 Å². The number of nitrogens with zero attached hydrogens (tertiary/aromatic N) is 3. The fourth-order valence-corrected chi connectivity index (χ4v) is 1.27. The first-order valence-corrected chi connectivity index (χ1v) is 4.27. The van der Waals surface area contributed by atoms with E-state index in [-0.39, 0.29) is 16.9 Å². The Labute approximate surface area is 89.1 Å².